The van der Waals surface area contributed by atoms with Crippen LogP contribution >= 0.6 is 35.2 Å². The van der Waals surface area contributed by atoms with E-state index in [-0.39, 0.29) is 59.6 Å². The monoisotopic (exact) mass is 935 g/mol. The number of nitrogens with two attached hydrogens (primary N) is 1. The number of ketones is 1. The first-order chi connectivity index (χ1) is 27.9. The maximum atomic E-state index is 12.7. The Balaban J connectivity index is 1.42. The van der Waals surface area contributed by atoms with Crippen LogP contribution in [0.25, 0.3) is 11.2 Å². The van der Waals surface area contributed by atoms with Crippen molar-refractivity contribution in [2.75, 3.05) is 37.8 Å². The van der Waals surface area contributed by atoms with Gasteiger partial charge in [0, 0.05) is 37.1 Å². The van der Waals surface area contributed by atoms with E-state index in [4.69, 9.17) is 19.5 Å². The van der Waals surface area contributed by atoms with Gasteiger partial charge in [-0.1, -0.05) is 58.2 Å². The summed E-state index contributed by atoms with van der Waals surface area (Å²) in [6.07, 6.45) is -1.89. The third-order valence-electron chi connectivity index (χ3n) is 8.67. The van der Waals surface area contributed by atoms with Crippen LogP contribution < -0.4 is 16.4 Å². The Hall–Kier alpha value is -2.77. The van der Waals surface area contributed by atoms with Crippen LogP contribution in [0.3, 0.4) is 0 Å². The van der Waals surface area contributed by atoms with Gasteiger partial charge < -0.3 is 50.9 Å². The van der Waals surface area contributed by atoms with Crippen LogP contribution in [0.1, 0.15) is 78.4 Å². The van der Waals surface area contributed by atoms with Crippen LogP contribution in [0.5, 0.6) is 0 Å². The lowest BCUT2D eigenvalue weighted by atomic mass is 9.87. The molecule has 25 nitrogen and oxygen atoms in total. The van der Waals surface area contributed by atoms with Crippen molar-refractivity contribution in [3.8, 4) is 0 Å². The van der Waals surface area contributed by atoms with Gasteiger partial charge in [0.2, 0.25) is 11.8 Å². The second-order valence-electron chi connectivity index (χ2n) is 14.2. The van der Waals surface area contributed by atoms with E-state index >= 15 is 0 Å². The number of phosphoric ester groups is 3. The molecule has 0 aliphatic carbocycles. The molecule has 2 aromatic rings. The molecule has 3 rings (SSSR count). The molecule has 0 aromatic carbocycles. The Morgan fingerprint density at radius 1 is 0.983 bits per heavy atom. The predicted octanol–water partition coefficient (Wildman–Crippen LogP) is 0.984. The number of rotatable bonds is 27. The highest BCUT2D eigenvalue weighted by atomic mass is 32.2. The minimum Gasteiger partial charge on any atom is -0.386 e. The lowest BCUT2D eigenvalue weighted by Crippen LogP contribution is -2.46. The van der Waals surface area contributed by atoms with Gasteiger partial charge in [0.25, 0.3) is 0 Å². The number of thioether (sulfide) groups is 1. The summed E-state index contributed by atoms with van der Waals surface area (Å²) < 4.78 is 62.2. The summed E-state index contributed by atoms with van der Waals surface area (Å²) >= 11 is 0.925. The zero-order valence-corrected chi connectivity index (χ0v) is 36.4. The summed E-state index contributed by atoms with van der Waals surface area (Å²) in [6, 6.07) is 0. The molecule has 1 aliphatic rings. The van der Waals surface area contributed by atoms with Crippen LogP contribution in [0, 0.1) is 5.41 Å². The van der Waals surface area contributed by atoms with Gasteiger partial charge >= 0.3 is 23.5 Å². The number of unbranched alkanes of at least 4 members (excludes halogenated alkanes) is 4. The highest BCUT2D eigenvalue weighted by Gasteiger charge is 2.50. The van der Waals surface area contributed by atoms with E-state index < -0.39 is 84.6 Å². The number of hydrogen-bond donors (Lipinski definition) is 9. The molecule has 2 aromatic heterocycles. The normalized spacial score (nSPS) is 20.9. The molecule has 1 aliphatic heterocycles. The van der Waals surface area contributed by atoms with Crippen molar-refractivity contribution >= 4 is 74.9 Å². The fourth-order valence-electron chi connectivity index (χ4n) is 5.52. The molecule has 0 saturated carbocycles. The number of imidazole rings is 1. The zero-order valence-electron chi connectivity index (χ0n) is 32.9. The van der Waals surface area contributed by atoms with E-state index in [9.17, 15) is 62.7 Å². The van der Waals surface area contributed by atoms with E-state index in [1.807, 2.05) is 0 Å². The number of ether oxygens (including phenoxy) is 1. The van der Waals surface area contributed by atoms with Gasteiger partial charge in [-0.05, 0) is 6.42 Å². The molecular weight excluding hydrogens is 883 g/mol. The number of Topliss-reactive ketones (excluding diaryl/α,β-unsaturated/α-hetero) is 1. The number of aliphatic hydroxyl groups is 2. The first-order valence-electron chi connectivity index (χ1n) is 18.5. The molecule has 1 saturated heterocycles. The van der Waals surface area contributed by atoms with Gasteiger partial charge in [-0.2, -0.15) is 4.31 Å². The fourth-order valence-corrected chi connectivity index (χ4v) is 9.05. The molecule has 0 spiro atoms. The predicted molar refractivity (Wildman–Crippen MR) is 210 cm³/mol. The van der Waals surface area contributed by atoms with Crippen molar-refractivity contribution in [2.24, 2.45) is 5.41 Å². The van der Waals surface area contributed by atoms with Crippen LogP contribution in [0.15, 0.2) is 12.7 Å². The van der Waals surface area contributed by atoms with Gasteiger partial charge in [-0.3, -0.25) is 37.3 Å². The number of nitrogens with zero attached hydrogens (tertiary/aromatic N) is 4. The van der Waals surface area contributed by atoms with Crippen molar-refractivity contribution in [2.45, 2.75) is 103 Å². The molecule has 0 bridgehead atoms. The number of aliphatic hydroxyl groups excluding tert-OH is 2. The molecule has 29 heteroatoms. The summed E-state index contributed by atoms with van der Waals surface area (Å²) in [5.74, 6) is -1.42. The Morgan fingerprint density at radius 2 is 1.67 bits per heavy atom. The summed E-state index contributed by atoms with van der Waals surface area (Å²) in [5.41, 5.74) is 4.23. The first-order valence-corrected chi connectivity index (χ1v) is 24.0. The summed E-state index contributed by atoms with van der Waals surface area (Å²) in [4.78, 5) is 99.7. The molecule has 3 heterocycles. The molecule has 340 valence electrons. The van der Waals surface area contributed by atoms with Crippen LogP contribution in [0.2, 0.25) is 0 Å². The van der Waals surface area contributed by atoms with Crippen molar-refractivity contribution < 1.29 is 85.3 Å². The number of amides is 2. The van der Waals surface area contributed by atoms with Crippen LogP contribution in [-0.4, -0.2) is 128 Å². The molecule has 4 unspecified atom stereocenters. The average molecular weight is 936 g/mol. The van der Waals surface area contributed by atoms with Crippen molar-refractivity contribution in [3.63, 3.8) is 0 Å². The molecule has 60 heavy (non-hydrogen) atoms. The molecule has 2 amide bonds. The lowest BCUT2D eigenvalue weighted by molar-refractivity contribution is -0.137. The molecule has 0 radical (unpaired) electrons. The third kappa shape index (κ3) is 16.8. The van der Waals surface area contributed by atoms with Gasteiger partial charge in [0.1, 0.15) is 42.0 Å². The standard InChI is InChI=1S/C31H52N7O18P3S/c1-4-5-6-7-8-9-19(39)14-22(41)60-13-12-33-21(40)10-11-34-29(44)26(43)31(2,3)16-53-59(50,51)56-58(48,49)52-15-20-25(55-57(45,46)47)24(42)30(54-20)38-18-37-23-27(32)35-17-36-28(23)38/h17-18,20,24-26,30,42-43H,4-16H2,1-3H3,(H,33,40)(H,34,44)(H,48,49)(H,50,51)(H2,32,35,36)(H2,45,46,47)/t20-,24?,25?,26+,30-/m1/s1. The van der Waals surface area contributed by atoms with Gasteiger partial charge in [-0.15, -0.1) is 0 Å². The van der Waals surface area contributed by atoms with E-state index in [1.54, 1.807) is 0 Å². The smallest absolute Gasteiger partial charge is 0.386 e. The largest absolute Gasteiger partial charge is 0.481 e. The van der Waals surface area contributed by atoms with E-state index in [2.05, 4.69) is 41.3 Å². The van der Waals surface area contributed by atoms with Gasteiger partial charge in [0.15, 0.2) is 22.8 Å². The van der Waals surface area contributed by atoms with E-state index in [0.29, 0.717) is 6.42 Å². The molecular formula is C31H52N7O18P3S. The highest BCUT2D eigenvalue weighted by Crippen LogP contribution is 2.61. The SMILES string of the molecule is CCCCCCCC(=O)CC(=O)SCCNC(=O)CCNC(=O)[C@H](O)C(C)(C)COP(=O)(O)OP(=O)(O)OC[C@H]1O[C@@H](n2cnc3c(N)ncnc32)C(O)C1OP(=O)(O)O. The number of carbonyl (C=O) groups excluding carboxylic acids is 4. The lowest BCUT2D eigenvalue weighted by Gasteiger charge is -2.30. The summed E-state index contributed by atoms with van der Waals surface area (Å²) in [5, 5.41) is 26.1. The number of nitrogen functional groups attached to an aromatic ring is 1. The van der Waals surface area contributed by atoms with E-state index in [1.165, 1.54) is 13.8 Å². The number of nitrogens with one attached hydrogen (secondary N) is 2. The second-order valence-corrected chi connectivity index (χ2v) is 19.6. The molecule has 7 atom stereocenters. The van der Waals surface area contributed by atoms with Crippen LogP contribution in [-0.2, 0) is 55.5 Å². The van der Waals surface area contributed by atoms with Crippen molar-refractivity contribution in [1.29, 1.82) is 0 Å². The summed E-state index contributed by atoms with van der Waals surface area (Å²) in [7, 11) is -16.4. The highest BCUT2D eigenvalue weighted by molar-refractivity contribution is 8.13. The second kappa shape index (κ2) is 23.1. The number of phosphoric acid groups is 3. The maximum absolute atomic E-state index is 12.7. The zero-order chi connectivity index (χ0) is 44.9. The number of hydrogen-bond acceptors (Lipinski definition) is 19. The number of fused-ring (bicyclic) bond motifs is 1. The Kier molecular flexibility index (Phi) is 19.8. The summed E-state index contributed by atoms with van der Waals surface area (Å²) in [6.45, 7) is 2.42. The Morgan fingerprint density at radius 3 is 2.35 bits per heavy atom. The minimum atomic E-state index is -5.58. The molecule has 1 fully saturated rings. The van der Waals surface area contributed by atoms with Crippen LogP contribution in [0.4, 0.5) is 5.82 Å². The first kappa shape index (κ1) is 51.6. The Labute approximate surface area is 348 Å². The minimum absolute atomic E-state index is 0.0253. The Bertz CT molecular complexity index is 1940. The number of carbonyl (C=O) groups is 4. The average Bonchev–Trinajstić information content (AvgIpc) is 3.71. The number of aromatic nitrogens is 4. The maximum Gasteiger partial charge on any atom is 0.481 e. The van der Waals surface area contributed by atoms with E-state index in [0.717, 1.165) is 61.1 Å². The van der Waals surface area contributed by atoms with Crippen molar-refractivity contribution in [3.05, 3.63) is 12.7 Å². The van der Waals surface area contributed by atoms with Crippen molar-refractivity contribution in [1.82, 2.24) is 30.2 Å². The number of anilines is 1. The quantitative estimate of drug-likeness (QED) is 0.0342. The fraction of sp³-hybridized carbons (Fsp3) is 0.710. The third-order valence-corrected chi connectivity index (χ3v) is 12.6. The van der Waals surface area contributed by atoms with Gasteiger partial charge in [-0.25, -0.2) is 28.6 Å². The van der Waals surface area contributed by atoms with Gasteiger partial charge in [0.05, 0.1) is 26.0 Å². The topological polar surface area (TPSA) is 381 Å². The molecule has 10 N–H and O–H groups in total.